The molecule has 25 heavy (non-hydrogen) atoms. The molecule has 0 aliphatic carbocycles. The molecule has 0 fully saturated rings. The van der Waals surface area contributed by atoms with Crippen molar-refractivity contribution in [1.29, 1.82) is 0 Å². The maximum atomic E-state index is 12.2. The van der Waals surface area contributed by atoms with Crippen molar-refractivity contribution < 1.29 is 9.59 Å². The van der Waals surface area contributed by atoms with Gasteiger partial charge in [0.2, 0.25) is 11.8 Å². The zero-order valence-electron chi connectivity index (χ0n) is 16.1. The van der Waals surface area contributed by atoms with Crippen LogP contribution < -0.4 is 5.32 Å². The van der Waals surface area contributed by atoms with Crippen LogP contribution in [-0.4, -0.2) is 36.3 Å². The number of amides is 2. The van der Waals surface area contributed by atoms with E-state index in [1.165, 1.54) is 5.56 Å². The first kappa shape index (κ1) is 21.2. The molecule has 0 spiro atoms. The molecule has 0 saturated carbocycles. The topological polar surface area (TPSA) is 49.4 Å². The summed E-state index contributed by atoms with van der Waals surface area (Å²) in [6.45, 7) is 8.59. The number of nitrogens with one attached hydrogen (secondary N) is 1. The third-order valence-electron chi connectivity index (χ3n) is 4.44. The molecule has 1 aromatic rings. The number of hydrogen-bond acceptors (Lipinski definition) is 2. The number of rotatable bonds is 12. The molecule has 1 atom stereocenters. The normalized spacial score (nSPS) is 11.8. The molecule has 0 aromatic heterocycles. The first-order valence-corrected chi connectivity index (χ1v) is 9.71. The van der Waals surface area contributed by atoms with Crippen molar-refractivity contribution in [3.63, 3.8) is 0 Å². The van der Waals surface area contributed by atoms with E-state index in [0.717, 1.165) is 32.4 Å². The van der Waals surface area contributed by atoms with E-state index in [1.807, 2.05) is 23.1 Å². The Morgan fingerprint density at radius 3 is 2.20 bits per heavy atom. The highest BCUT2D eigenvalue weighted by Crippen LogP contribution is 2.18. The fourth-order valence-electron chi connectivity index (χ4n) is 3.01. The molecule has 1 rings (SSSR count). The number of carbonyl (C=O) groups excluding carboxylic acids is 2. The first-order chi connectivity index (χ1) is 12.1. The largest absolute Gasteiger partial charge is 0.355 e. The summed E-state index contributed by atoms with van der Waals surface area (Å²) in [5.41, 5.74) is 1.26. The average molecular weight is 347 g/mol. The second-order valence-corrected chi connectivity index (χ2v) is 6.55. The van der Waals surface area contributed by atoms with Crippen molar-refractivity contribution in [2.24, 2.45) is 0 Å². The van der Waals surface area contributed by atoms with Crippen molar-refractivity contribution in [2.45, 2.75) is 65.2 Å². The molecule has 1 unspecified atom stereocenters. The molecule has 0 radical (unpaired) electrons. The standard InChI is InChI=1S/C21H34N2O2/c1-4-15-23(16-5-2)21(25)14-10-13-20(24)22-17-18(6-3)19-11-8-7-9-12-19/h7-9,11-12,18H,4-6,10,13-17H2,1-3H3,(H,22,24). The van der Waals surface area contributed by atoms with Gasteiger partial charge in [0.15, 0.2) is 0 Å². The van der Waals surface area contributed by atoms with Crippen LogP contribution in [0.5, 0.6) is 0 Å². The van der Waals surface area contributed by atoms with Crippen LogP contribution in [0.15, 0.2) is 30.3 Å². The van der Waals surface area contributed by atoms with E-state index in [0.29, 0.717) is 31.7 Å². The summed E-state index contributed by atoms with van der Waals surface area (Å²) in [6.07, 6.45) is 4.45. The van der Waals surface area contributed by atoms with Gasteiger partial charge in [-0.3, -0.25) is 9.59 Å². The zero-order valence-corrected chi connectivity index (χ0v) is 16.1. The Kier molecular flexibility index (Phi) is 10.6. The van der Waals surface area contributed by atoms with E-state index in [4.69, 9.17) is 0 Å². The number of nitrogens with zero attached hydrogens (tertiary/aromatic N) is 1. The lowest BCUT2D eigenvalue weighted by atomic mass is 9.96. The third-order valence-corrected chi connectivity index (χ3v) is 4.44. The fourth-order valence-corrected chi connectivity index (χ4v) is 3.01. The SMILES string of the molecule is CCCN(CCC)C(=O)CCCC(=O)NCC(CC)c1ccccc1. The third kappa shape index (κ3) is 8.19. The van der Waals surface area contributed by atoms with Crippen LogP contribution in [-0.2, 0) is 9.59 Å². The number of carbonyl (C=O) groups is 2. The molecule has 1 N–H and O–H groups in total. The summed E-state index contributed by atoms with van der Waals surface area (Å²) >= 11 is 0. The molecular weight excluding hydrogens is 312 g/mol. The highest BCUT2D eigenvalue weighted by atomic mass is 16.2. The van der Waals surface area contributed by atoms with E-state index in [1.54, 1.807) is 0 Å². The first-order valence-electron chi connectivity index (χ1n) is 9.71. The number of benzene rings is 1. The molecule has 1 aromatic carbocycles. The zero-order chi connectivity index (χ0) is 18.5. The smallest absolute Gasteiger partial charge is 0.222 e. The van der Waals surface area contributed by atoms with Gasteiger partial charge in [-0.2, -0.15) is 0 Å². The van der Waals surface area contributed by atoms with Gasteiger partial charge in [0.05, 0.1) is 0 Å². The van der Waals surface area contributed by atoms with Crippen LogP contribution in [0, 0.1) is 0 Å². The Bertz CT molecular complexity index is 496. The maximum absolute atomic E-state index is 12.2. The summed E-state index contributed by atoms with van der Waals surface area (Å²) in [4.78, 5) is 26.2. The highest BCUT2D eigenvalue weighted by Gasteiger charge is 2.13. The van der Waals surface area contributed by atoms with Crippen LogP contribution in [0.25, 0.3) is 0 Å². The van der Waals surface area contributed by atoms with Crippen LogP contribution in [0.3, 0.4) is 0 Å². The van der Waals surface area contributed by atoms with Gasteiger partial charge in [-0.15, -0.1) is 0 Å². The van der Waals surface area contributed by atoms with Crippen LogP contribution in [0.2, 0.25) is 0 Å². The summed E-state index contributed by atoms with van der Waals surface area (Å²) in [5.74, 6) is 0.559. The lowest BCUT2D eigenvalue weighted by molar-refractivity contribution is -0.131. The van der Waals surface area contributed by atoms with E-state index >= 15 is 0 Å². The minimum atomic E-state index is 0.0414. The molecule has 4 nitrogen and oxygen atoms in total. The summed E-state index contributed by atoms with van der Waals surface area (Å²) in [6, 6.07) is 10.3. The Morgan fingerprint density at radius 2 is 1.64 bits per heavy atom. The van der Waals surface area contributed by atoms with Crippen molar-refractivity contribution in [1.82, 2.24) is 10.2 Å². The molecule has 4 heteroatoms. The van der Waals surface area contributed by atoms with Gasteiger partial charge < -0.3 is 10.2 Å². The van der Waals surface area contributed by atoms with E-state index in [9.17, 15) is 9.59 Å². The predicted octanol–water partition coefficient (Wildman–Crippen LogP) is 4.12. The minimum absolute atomic E-state index is 0.0414. The van der Waals surface area contributed by atoms with E-state index < -0.39 is 0 Å². The van der Waals surface area contributed by atoms with E-state index in [2.05, 4.69) is 38.2 Å². The molecule has 0 saturated heterocycles. The summed E-state index contributed by atoms with van der Waals surface area (Å²) in [7, 11) is 0. The highest BCUT2D eigenvalue weighted by molar-refractivity contribution is 5.79. The Balaban J connectivity index is 2.31. The lowest BCUT2D eigenvalue weighted by Gasteiger charge is -2.21. The van der Waals surface area contributed by atoms with Gasteiger partial charge in [-0.05, 0) is 31.2 Å². The molecule has 0 aliphatic heterocycles. The molecule has 140 valence electrons. The van der Waals surface area contributed by atoms with Crippen LogP contribution in [0.4, 0.5) is 0 Å². The van der Waals surface area contributed by atoms with Crippen molar-refractivity contribution in [2.75, 3.05) is 19.6 Å². The Morgan fingerprint density at radius 1 is 1.00 bits per heavy atom. The average Bonchev–Trinajstić information content (AvgIpc) is 2.63. The fraction of sp³-hybridized carbons (Fsp3) is 0.619. The van der Waals surface area contributed by atoms with Gasteiger partial charge in [0.1, 0.15) is 0 Å². The van der Waals surface area contributed by atoms with Gasteiger partial charge in [-0.1, -0.05) is 51.1 Å². The summed E-state index contributed by atoms with van der Waals surface area (Å²) in [5, 5.41) is 3.02. The minimum Gasteiger partial charge on any atom is -0.355 e. The Hall–Kier alpha value is -1.84. The summed E-state index contributed by atoms with van der Waals surface area (Å²) < 4.78 is 0. The molecule has 0 bridgehead atoms. The Labute approximate surface area is 153 Å². The van der Waals surface area contributed by atoms with E-state index in [-0.39, 0.29) is 11.8 Å². The monoisotopic (exact) mass is 346 g/mol. The predicted molar refractivity (Wildman–Crippen MR) is 103 cm³/mol. The van der Waals surface area contributed by atoms with Crippen molar-refractivity contribution in [3.05, 3.63) is 35.9 Å². The van der Waals surface area contributed by atoms with Crippen LogP contribution in [0.1, 0.15) is 70.8 Å². The molecule has 2 amide bonds. The van der Waals surface area contributed by atoms with Crippen molar-refractivity contribution >= 4 is 11.8 Å². The second kappa shape index (κ2) is 12.5. The lowest BCUT2D eigenvalue weighted by Crippen LogP contribution is -2.33. The molecule has 0 heterocycles. The van der Waals surface area contributed by atoms with Gasteiger partial charge >= 0.3 is 0 Å². The molecular formula is C21H34N2O2. The van der Waals surface area contributed by atoms with Gasteiger partial charge in [0, 0.05) is 38.4 Å². The van der Waals surface area contributed by atoms with Crippen molar-refractivity contribution in [3.8, 4) is 0 Å². The quantitative estimate of drug-likeness (QED) is 0.619. The molecule has 0 aliphatic rings. The van der Waals surface area contributed by atoms with Crippen LogP contribution >= 0.6 is 0 Å². The second-order valence-electron chi connectivity index (χ2n) is 6.55. The van der Waals surface area contributed by atoms with Gasteiger partial charge in [0.25, 0.3) is 0 Å². The van der Waals surface area contributed by atoms with Gasteiger partial charge in [-0.25, -0.2) is 0 Å². The maximum Gasteiger partial charge on any atom is 0.222 e. The number of hydrogen-bond donors (Lipinski definition) is 1.